The molecule has 3 aliphatic carbocycles. The standard InChI is InChI=1S/C29H46N4O6/c1-29(2,3)39-28(38)32-23(20-15-18-10-4-5-11-19(18)16-20)27(37)33-13-7-12-22(33)26(36)31-21(24(34)25(30)35)14-17-8-6-9-17/h17-23H,4-16H2,1-3H3,(H2,30,35)(H,31,36)(H,32,38)/t18?,19?,20?,21?,22-,23-/m0/s1. The fourth-order valence-corrected chi connectivity index (χ4v) is 7.08. The number of hydrogen-bond acceptors (Lipinski definition) is 6. The molecule has 0 bridgehead atoms. The number of hydrogen-bond donors (Lipinski definition) is 3. The summed E-state index contributed by atoms with van der Waals surface area (Å²) in [5, 5.41) is 5.63. The van der Waals surface area contributed by atoms with Gasteiger partial charge in [-0.2, -0.15) is 0 Å². The van der Waals surface area contributed by atoms with Crippen LogP contribution in [0.3, 0.4) is 0 Å². The number of rotatable bonds is 9. The van der Waals surface area contributed by atoms with Crippen LogP contribution >= 0.6 is 0 Å². The Bertz CT molecular complexity index is 944. The number of amides is 4. The Morgan fingerprint density at radius 3 is 2.08 bits per heavy atom. The van der Waals surface area contributed by atoms with Gasteiger partial charge in [0.2, 0.25) is 17.6 Å². The number of fused-ring (bicyclic) bond motifs is 1. The summed E-state index contributed by atoms with van der Waals surface area (Å²) >= 11 is 0. The number of Topliss-reactive ketones (excluding diaryl/α,β-unsaturated/α-hetero) is 1. The van der Waals surface area contributed by atoms with Crippen LogP contribution in [0.2, 0.25) is 0 Å². The molecule has 3 saturated carbocycles. The second-order valence-electron chi connectivity index (χ2n) is 13.2. The molecule has 0 radical (unpaired) electrons. The number of nitrogens with two attached hydrogens (primary N) is 1. The fourth-order valence-electron chi connectivity index (χ4n) is 7.08. The lowest BCUT2D eigenvalue weighted by Gasteiger charge is -2.33. The van der Waals surface area contributed by atoms with Gasteiger partial charge in [0, 0.05) is 6.54 Å². The number of alkyl carbamates (subject to hydrolysis) is 1. The molecule has 3 unspecified atom stereocenters. The Labute approximate surface area is 231 Å². The second kappa shape index (κ2) is 12.3. The third kappa shape index (κ3) is 7.31. The highest BCUT2D eigenvalue weighted by Crippen LogP contribution is 2.46. The Hall–Kier alpha value is -2.65. The number of ketones is 1. The van der Waals surface area contributed by atoms with E-state index in [9.17, 15) is 24.0 Å². The Morgan fingerprint density at radius 2 is 1.54 bits per heavy atom. The smallest absolute Gasteiger partial charge is 0.408 e. The maximum atomic E-state index is 14.0. The molecule has 218 valence electrons. The predicted molar refractivity (Wildman–Crippen MR) is 144 cm³/mol. The van der Waals surface area contributed by atoms with Crippen LogP contribution in [0.4, 0.5) is 4.79 Å². The van der Waals surface area contributed by atoms with Crippen LogP contribution in [0.15, 0.2) is 0 Å². The zero-order valence-corrected chi connectivity index (χ0v) is 23.7. The minimum Gasteiger partial charge on any atom is -0.444 e. The van der Waals surface area contributed by atoms with E-state index in [1.54, 1.807) is 25.7 Å². The normalized spacial score (nSPS) is 28.5. The first-order valence-corrected chi connectivity index (χ1v) is 14.9. The van der Waals surface area contributed by atoms with Crippen molar-refractivity contribution in [3.05, 3.63) is 0 Å². The molecule has 1 aliphatic heterocycles. The van der Waals surface area contributed by atoms with Crippen molar-refractivity contribution in [2.45, 2.75) is 122 Å². The van der Waals surface area contributed by atoms with Crippen molar-refractivity contribution < 1.29 is 28.7 Å². The molecule has 4 rings (SSSR count). The summed E-state index contributed by atoms with van der Waals surface area (Å²) in [6.07, 6.45) is 10.3. The van der Waals surface area contributed by atoms with E-state index in [2.05, 4.69) is 10.6 Å². The van der Waals surface area contributed by atoms with Gasteiger partial charge in [-0.25, -0.2) is 4.79 Å². The number of carbonyl (C=O) groups is 5. The molecule has 0 spiro atoms. The first-order chi connectivity index (χ1) is 18.4. The van der Waals surface area contributed by atoms with Gasteiger partial charge in [0.25, 0.3) is 5.91 Å². The molecule has 0 aromatic carbocycles. The summed E-state index contributed by atoms with van der Waals surface area (Å²) < 4.78 is 5.51. The SMILES string of the molecule is CC(C)(C)OC(=O)N[C@H](C(=O)N1CCC[C@H]1C(=O)NC(CC1CCC1)C(=O)C(N)=O)C1CC2CCCCC2C1. The van der Waals surface area contributed by atoms with Crippen LogP contribution in [-0.4, -0.2) is 64.8 Å². The number of nitrogens with zero attached hydrogens (tertiary/aromatic N) is 1. The van der Waals surface area contributed by atoms with Crippen LogP contribution < -0.4 is 16.4 Å². The molecule has 5 atom stereocenters. The summed E-state index contributed by atoms with van der Waals surface area (Å²) in [6, 6.07) is -2.53. The molecule has 1 saturated heterocycles. The van der Waals surface area contributed by atoms with Gasteiger partial charge in [0.15, 0.2) is 0 Å². The highest BCUT2D eigenvalue weighted by molar-refractivity contribution is 6.37. The molecule has 4 aliphatic rings. The van der Waals surface area contributed by atoms with E-state index in [-0.39, 0.29) is 17.7 Å². The maximum Gasteiger partial charge on any atom is 0.408 e. The van der Waals surface area contributed by atoms with Crippen molar-refractivity contribution in [1.82, 2.24) is 15.5 Å². The van der Waals surface area contributed by atoms with Crippen molar-refractivity contribution >= 4 is 29.6 Å². The van der Waals surface area contributed by atoms with Crippen molar-refractivity contribution in [2.75, 3.05) is 6.54 Å². The predicted octanol–water partition coefficient (Wildman–Crippen LogP) is 2.82. The molecular weight excluding hydrogens is 500 g/mol. The zero-order chi connectivity index (χ0) is 28.3. The average molecular weight is 547 g/mol. The van der Waals surface area contributed by atoms with Crippen LogP contribution in [-0.2, 0) is 23.9 Å². The molecule has 10 nitrogen and oxygen atoms in total. The summed E-state index contributed by atoms with van der Waals surface area (Å²) in [5.74, 6) is -1.23. The summed E-state index contributed by atoms with van der Waals surface area (Å²) in [6.45, 7) is 5.73. The van der Waals surface area contributed by atoms with Crippen molar-refractivity contribution in [3.63, 3.8) is 0 Å². The lowest BCUT2D eigenvalue weighted by atomic mass is 9.80. The molecule has 4 amide bonds. The number of ether oxygens (including phenoxy) is 1. The Kier molecular flexibility index (Phi) is 9.21. The molecule has 0 aromatic heterocycles. The van der Waals surface area contributed by atoms with Crippen LogP contribution in [0.5, 0.6) is 0 Å². The van der Waals surface area contributed by atoms with Gasteiger partial charge in [-0.15, -0.1) is 0 Å². The first-order valence-electron chi connectivity index (χ1n) is 14.9. The second-order valence-corrected chi connectivity index (χ2v) is 13.2. The number of likely N-dealkylation sites (tertiary alicyclic amines) is 1. The van der Waals surface area contributed by atoms with Gasteiger partial charge in [-0.05, 0) is 76.5 Å². The minimum absolute atomic E-state index is 0.0229. The quantitative estimate of drug-likeness (QED) is 0.379. The third-order valence-electron chi connectivity index (χ3n) is 9.20. The van der Waals surface area contributed by atoms with Gasteiger partial charge in [-0.1, -0.05) is 44.9 Å². The van der Waals surface area contributed by atoms with Crippen LogP contribution in [0, 0.1) is 23.7 Å². The number of primary amides is 1. The van der Waals surface area contributed by atoms with E-state index < -0.39 is 47.4 Å². The van der Waals surface area contributed by atoms with Crippen molar-refractivity contribution in [2.24, 2.45) is 29.4 Å². The van der Waals surface area contributed by atoms with E-state index >= 15 is 0 Å². The third-order valence-corrected chi connectivity index (χ3v) is 9.20. The van der Waals surface area contributed by atoms with Crippen molar-refractivity contribution in [3.8, 4) is 0 Å². The largest absolute Gasteiger partial charge is 0.444 e. The number of carbonyl (C=O) groups excluding carboxylic acids is 5. The van der Waals surface area contributed by atoms with Crippen LogP contribution in [0.1, 0.15) is 97.8 Å². The van der Waals surface area contributed by atoms with Gasteiger partial charge in [0.1, 0.15) is 17.7 Å². The van der Waals surface area contributed by atoms with E-state index in [0.717, 1.165) is 44.9 Å². The highest BCUT2D eigenvalue weighted by atomic mass is 16.6. The monoisotopic (exact) mass is 546 g/mol. The molecule has 10 heteroatoms. The molecule has 39 heavy (non-hydrogen) atoms. The Balaban J connectivity index is 1.49. The number of nitrogens with one attached hydrogen (secondary N) is 2. The summed E-state index contributed by atoms with van der Waals surface area (Å²) in [7, 11) is 0. The molecule has 4 N–H and O–H groups in total. The fraction of sp³-hybridized carbons (Fsp3) is 0.828. The van der Waals surface area contributed by atoms with E-state index in [0.29, 0.717) is 37.6 Å². The van der Waals surface area contributed by atoms with Crippen molar-refractivity contribution in [1.29, 1.82) is 0 Å². The lowest BCUT2D eigenvalue weighted by molar-refractivity contribution is -0.143. The maximum absolute atomic E-state index is 14.0. The lowest BCUT2D eigenvalue weighted by Crippen LogP contribution is -2.58. The topological polar surface area (TPSA) is 148 Å². The summed E-state index contributed by atoms with van der Waals surface area (Å²) in [4.78, 5) is 66.0. The molecule has 1 heterocycles. The molecular formula is C29H46N4O6. The van der Waals surface area contributed by atoms with E-state index in [4.69, 9.17) is 10.5 Å². The van der Waals surface area contributed by atoms with Gasteiger partial charge >= 0.3 is 6.09 Å². The van der Waals surface area contributed by atoms with Crippen LogP contribution in [0.25, 0.3) is 0 Å². The Morgan fingerprint density at radius 1 is 0.897 bits per heavy atom. The first kappa shape index (κ1) is 29.3. The molecule has 0 aromatic rings. The average Bonchev–Trinajstić information content (AvgIpc) is 3.49. The van der Waals surface area contributed by atoms with Gasteiger partial charge in [0.05, 0.1) is 6.04 Å². The van der Waals surface area contributed by atoms with E-state index in [1.807, 2.05) is 0 Å². The highest BCUT2D eigenvalue weighted by Gasteiger charge is 2.46. The summed E-state index contributed by atoms with van der Waals surface area (Å²) in [5.41, 5.74) is 4.56. The molecule has 4 fully saturated rings. The zero-order valence-electron chi connectivity index (χ0n) is 23.7. The minimum atomic E-state index is -1.07. The van der Waals surface area contributed by atoms with Gasteiger partial charge < -0.3 is 26.0 Å². The van der Waals surface area contributed by atoms with Gasteiger partial charge in [-0.3, -0.25) is 19.2 Å². The van der Waals surface area contributed by atoms with E-state index in [1.165, 1.54) is 12.8 Å².